The molecule has 322 valence electrons. The van der Waals surface area contributed by atoms with Crippen LogP contribution in [0.2, 0.25) is 0 Å². The van der Waals surface area contributed by atoms with E-state index >= 15 is 0 Å². The quantitative estimate of drug-likeness (QED) is 0.113. The number of para-hydroxylation sites is 4. The van der Waals surface area contributed by atoms with Crippen LogP contribution in [-0.2, 0) is 7.05 Å². The number of nitrogens with zero attached hydrogens (tertiary/aromatic N) is 4. The molecule has 0 spiro atoms. The first-order chi connectivity index (χ1) is 33.7. The van der Waals surface area contributed by atoms with Crippen molar-refractivity contribution in [1.82, 2.24) is 14.5 Å². The van der Waals surface area contributed by atoms with Gasteiger partial charge in [-0.3, -0.25) is 4.90 Å². The maximum atomic E-state index is 7.63. The van der Waals surface area contributed by atoms with Gasteiger partial charge in [0, 0.05) is 40.5 Å². The second kappa shape index (κ2) is 15.9. The predicted octanol–water partition coefficient (Wildman–Crippen LogP) is 9.07. The summed E-state index contributed by atoms with van der Waals surface area (Å²) in [6.45, 7) is 0. The van der Waals surface area contributed by atoms with Crippen molar-refractivity contribution in [1.29, 1.82) is 0 Å². The molecule has 7 heteroatoms. The van der Waals surface area contributed by atoms with E-state index in [2.05, 4.69) is 253 Å². The average molecular weight is 905 g/mol. The van der Waals surface area contributed by atoms with Crippen LogP contribution in [0.1, 0.15) is 0 Å². The Balaban J connectivity index is 1.26. The molecule has 0 aliphatic carbocycles. The number of benzene rings is 9. The van der Waals surface area contributed by atoms with Crippen LogP contribution >= 0.6 is 0 Å². The van der Waals surface area contributed by atoms with Crippen molar-refractivity contribution in [3.8, 4) is 11.4 Å². The number of aromatic nitrogens is 3. The number of fused-ring (bicyclic) bond motifs is 7. The molecule has 0 unspecified atom stereocenters. The van der Waals surface area contributed by atoms with Crippen molar-refractivity contribution in [3.63, 3.8) is 0 Å². The molecular weight excluding hydrogens is 861 g/mol. The molecule has 13 rings (SSSR count). The molecule has 5 nitrogen and oxygen atoms in total. The van der Waals surface area contributed by atoms with Crippen molar-refractivity contribution >= 4 is 108 Å². The van der Waals surface area contributed by atoms with E-state index in [0.717, 1.165) is 61.6 Å². The monoisotopic (exact) mass is 904 g/mol. The van der Waals surface area contributed by atoms with Gasteiger partial charge in [0.1, 0.15) is 22.8 Å². The highest BCUT2D eigenvalue weighted by Gasteiger charge is 2.53. The number of anilines is 3. The first kappa shape index (κ1) is 40.0. The fraction of sp³-hybridized carbons (Fsp3) is 0.0164. The lowest BCUT2D eigenvalue weighted by Gasteiger charge is -2.45. The maximum Gasteiger partial charge on any atom is 0.188 e. The third kappa shape index (κ3) is 5.79. The van der Waals surface area contributed by atoms with Gasteiger partial charge in [-0.05, 0) is 78.8 Å². The van der Waals surface area contributed by atoms with Crippen LogP contribution in [0.25, 0.3) is 44.4 Å². The SMILES string of the molecule is Cn1c(-c2cccc([Si](c3ccccc3)(c3ccccc3)c3cc4c(c5oc6ccccc6c35)[Si](c3ccccc3)(c3ccccc3)c3ccccc3N4c3ccccn3)c2)nc2ccccc21. The smallest absolute Gasteiger partial charge is 0.188 e. The fourth-order valence-corrected chi connectivity index (χ4v) is 21.7. The summed E-state index contributed by atoms with van der Waals surface area (Å²) in [5.74, 6) is 1.78. The molecule has 9 aromatic carbocycles. The van der Waals surface area contributed by atoms with E-state index in [1.165, 1.54) is 41.5 Å². The minimum absolute atomic E-state index is 0.849. The van der Waals surface area contributed by atoms with Crippen LogP contribution in [0, 0.1) is 0 Å². The second-order valence-electron chi connectivity index (χ2n) is 17.7. The Hall–Kier alpha value is -8.37. The van der Waals surface area contributed by atoms with Gasteiger partial charge < -0.3 is 8.98 Å². The Bertz CT molecular complexity index is 3740. The Kier molecular flexibility index (Phi) is 9.35. The molecule has 1 aliphatic heterocycles. The van der Waals surface area contributed by atoms with Crippen LogP contribution in [-0.4, -0.2) is 30.7 Å². The average Bonchev–Trinajstić information content (AvgIpc) is 3.97. The lowest BCUT2D eigenvalue weighted by Crippen LogP contribution is -2.78. The van der Waals surface area contributed by atoms with Gasteiger partial charge in [-0.2, -0.15) is 0 Å². The largest absolute Gasteiger partial charge is 0.456 e. The maximum absolute atomic E-state index is 7.63. The van der Waals surface area contributed by atoms with E-state index in [1.54, 1.807) is 0 Å². The predicted molar refractivity (Wildman–Crippen MR) is 287 cm³/mol. The fourth-order valence-electron chi connectivity index (χ4n) is 11.5. The minimum atomic E-state index is -3.38. The van der Waals surface area contributed by atoms with E-state index in [-0.39, 0.29) is 0 Å². The summed E-state index contributed by atoms with van der Waals surface area (Å²) in [4.78, 5) is 12.8. The molecule has 0 saturated carbocycles. The Morgan fingerprint density at radius 3 is 1.81 bits per heavy atom. The molecule has 68 heavy (non-hydrogen) atoms. The Labute approximate surface area is 396 Å². The number of rotatable bonds is 8. The third-order valence-electron chi connectivity index (χ3n) is 14.2. The zero-order valence-corrected chi connectivity index (χ0v) is 39.4. The number of pyridine rings is 1. The van der Waals surface area contributed by atoms with Crippen molar-refractivity contribution in [2.45, 2.75) is 0 Å². The van der Waals surface area contributed by atoms with E-state index in [9.17, 15) is 0 Å². The number of furan rings is 1. The van der Waals surface area contributed by atoms with Crippen LogP contribution in [0.5, 0.6) is 0 Å². The van der Waals surface area contributed by atoms with Crippen LogP contribution in [0.3, 0.4) is 0 Å². The highest BCUT2D eigenvalue weighted by Crippen LogP contribution is 2.41. The highest BCUT2D eigenvalue weighted by atomic mass is 28.3. The summed E-state index contributed by atoms with van der Waals surface area (Å²) < 4.78 is 9.86. The molecule has 0 bridgehead atoms. The van der Waals surface area contributed by atoms with Gasteiger partial charge in [0.2, 0.25) is 0 Å². The summed E-state index contributed by atoms with van der Waals surface area (Å²) in [5.41, 5.74) is 7.13. The van der Waals surface area contributed by atoms with Gasteiger partial charge in [-0.1, -0.05) is 200 Å². The minimum Gasteiger partial charge on any atom is -0.456 e. The topological polar surface area (TPSA) is 47.1 Å². The van der Waals surface area contributed by atoms with Crippen LogP contribution in [0.15, 0.2) is 253 Å². The summed E-state index contributed by atoms with van der Waals surface area (Å²) in [5, 5.41) is 12.4. The standard InChI is InChI=1S/C61H44N4OSi2/c1-64-51-35-16-15-34-50(51)63-61(64)43-23-22-32-48(41-43)67(44-24-6-2-7-25-44,45-26-8-3-9-27-45)56-42-53-60(59-58(56)49-33-14-18-37-54(49)66-59)68(46-28-10-4-11-29-46,47-30-12-5-13-31-47)55-38-19-17-36-52(55)65(53)57-39-20-21-40-62-57/h2-42H,1H3. The number of aryl methyl sites for hydroxylation is 1. The zero-order chi connectivity index (χ0) is 45.2. The molecule has 4 heterocycles. The number of imidazole rings is 1. The number of hydrogen-bond donors (Lipinski definition) is 0. The van der Waals surface area contributed by atoms with Gasteiger partial charge in [-0.25, -0.2) is 9.97 Å². The van der Waals surface area contributed by atoms with Gasteiger partial charge in [-0.15, -0.1) is 0 Å². The number of hydrogen-bond acceptors (Lipinski definition) is 4. The van der Waals surface area contributed by atoms with Crippen molar-refractivity contribution in [2.24, 2.45) is 7.05 Å². The molecule has 3 aromatic heterocycles. The van der Waals surface area contributed by atoms with E-state index in [0.29, 0.717) is 0 Å². The first-order valence-electron chi connectivity index (χ1n) is 23.2. The zero-order valence-electron chi connectivity index (χ0n) is 37.4. The lowest BCUT2D eigenvalue weighted by molar-refractivity contribution is 0.671. The molecule has 0 N–H and O–H groups in total. The summed E-state index contributed by atoms with van der Waals surface area (Å²) in [6.07, 6.45) is 1.91. The molecule has 0 saturated heterocycles. The molecular formula is C61H44N4OSi2. The van der Waals surface area contributed by atoms with Crippen molar-refractivity contribution < 1.29 is 4.42 Å². The third-order valence-corrected chi connectivity index (χ3v) is 23.9. The van der Waals surface area contributed by atoms with E-state index in [1.807, 2.05) is 12.3 Å². The van der Waals surface area contributed by atoms with Gasteiger partial charge in [0.25, 0.3) is 0 Å². The van der Waals surface area contributed by atoms with Crippen molar-refractivity contribution in [2.75, 3.05) is 4.90 Å². The molecule has 0 atom stereocenters. The lowest BCUT2D eigenvalue weighted by atomic mass is 10.1. The molecule has 12 aromatic rings. The van der Waals surface area contributed by atoms with E-state index < -0.39 is 16.1 Å². The summed E-state index contributed by atoms with van der Waals surface area (Å²) >= 11 is 0. The normalized spacial score (nSPS) is 13.2. The van der Waals surface area contributed by atoms with Crippen LogP contribution in [0.4, 0.5) is 17.2 Å². The molecule has 0 amide bonds. The van der Waals surface area contributed by atoms with Gasteiger partial charge in [0.15, 0.2) is 16.1 Å². The summed E-state index contributed by atoms with van der Waals surface area (Å²) in [7, 11) is -4.49. The molecule has 0 radical (unpaired) electrons. The van der Waals surface area contributed by atoms with Crippen LogP contribution < -0.4 is 46.4 Å². The Morgan fingerprint density at radius 2 is 1.12 bits per heavy atom. The Morgan fingerprint density at radius 1 is 0.515 bits per heavy atom. The molecule has 0 fully saturated rings. The van der Waals surface area contributed by atoms with Crippen molar-refractivity contribution in [3.05, 3.63) is 249 Å². The van der Waals surface area contributed by atoms with Gasteiger partial charge in [0.05, 0.1) is 16.7 Å². The van der Waals surface area contributed by atoms with Gasteiger partial charge >= 0.3 is 0 Å². The molecule has 1 aliphatic rings. The first-order valence-corrected chi connectivity index (χ1v) is 27.2. The highest BCUT2D eigenvalue weighted by molar-refractivity contribution is 7.23. The second-order valence-corrected chi connectivity index (χ2v) is 25.2. The summed E-state index contributed by atoms with van der Waals surface area (Å²) in [6, 6.07) is 89.1. The van der Waals surface area contributed by atoms with E-state index in [4.69, 9.17) is 14.4 Å².